The van der Waals surface area contributed by atoms with Gasteiger partial charge in [0.05, 0.1) is 12.7 Å². The second-order valence-corrected chi connectivity index (χ2v) is 3.95. The van der Waals surface area contributed by atoms with E-state index in [2.05, 4.69) is 15.0 Å². The first-order chi connectivity index (χ1) is 8.08. The van der Waals surface area contributed by atoms with Crippen molar-refractivity contribution in [2.75, 3.05) is 46.5 Å². The number of rotatable bonds is 6. The van der Waals surface area contributed by atoms with Crippen LogP contribution in [0.4, 0.5) is 0 Å². The van der Waals surface area contributed by atoms with Crippen LogP contribution >= 0.6 is 0 Å². The van der Waals surface area contributed by atoms with E-state index in [1.165, 1.54) is 0 Å². The lowest BCUT2D eigenvalue weighted by Gasteiger charge is -2.30. The molecule has 0 aliphatic carbocycles. The fourth-order valence-electron chi connectivity index (χ4n) is 1.50. The highest BCUT2D eigenvalue weighted by molar-refractivity contribution is 5.77. The molecule has 0 aromatic carbocycles. The van der Waals surface area contributed by atoms with Gasteiger partial charge in [0.2, 0.25) is 5.91 Å². The molecule has 2 N–H and O–H groups in total. The Morgan fingerprint density at radius 2 is 2.29 bits per heavy atom. The zero-order valence-corrected chi connectivity index (χ0v) is 9.85. The van der Waals surface area contributed by atoms with Crippen molar-refractivity contribution in [3.8, 4) is 0 Å². The van der Waals surface area contributed by atoms with Crippen molar-refractivity contribution < 1.29 is 24.2 Å². The van der Waals surface area contributed by atoms with Crippen LogP contribution in [-0.4, -0.2) is 74.5 Å². The lowest BCUT2D eigenvalue weighted by molar-refractivity contribution is -0.143. The molecule has 0 radical (unpaired) electrons. The summed E-state index contributed by atoms with van der Waals surface area (Å²) in [7, 11) is 1.99. The van der Waals surface area contributed by atoms with Crippen molar-refractivity contribution in [1.29, 1.82) is 0 Å². The SMILES string of the molecule is CN1CCOC(CNC(=O)COCC(=O)O)C1. The number of hydrogen-bond donors (Lipinski definition) is 2. The number of ether oxygens (including phenoxy) is 2. The van der Waals surface area contributed by atoms with Gasteiger partial charge in [0.15, 0.2) is 0 Å². The molecule has 1 rings (SSSR count). The van der Waals surface area contributed by atoms with Crippen molar-refractivity contribution in [2.24, 2.45) is 0 Å². The van der Waals surface area contributed by atoms with Crippen LogP contribution in [0.1, 0.15) is 0 Å². The molecular weight excluding hydrogens is 228 g/mol. The third-order valence-corrected chi connectivity index (χ3v) is 2.33. The zero-order valence-electron chi connectivity index (χ0n) is 9.85. The molecule has 1 fully saturated rings. The maximum Gasteiger partial charge on any atom is 0.329 e. The van der Waals surface area contributed by atoms with Gasteiger partial charge >= 0.3 is 5.97 Å². The number of nitrogens with one attached hydrogen (secondary N) is 1. The largest absolute Gasteiger partial charge is 0.480 e. The molecular formula is C10H18N2O5. The smallest absolute Gasteiger partial charge is 0.329 e. The van der Waals surface area contributed by atoms with Crippen LogP contribution in [0.15, 0.2) is 0 Å². The van der Waals surface area contributed by atoms with Crippen molar-refractivity contribution in [2.45, 2.75) is 6.10 Å². The third-order valence-electron chi connectivity index (χ3n) is 2.33. The summed E-state index contributed by atoms with van der Waals surface area (Å²) in [5.41, 5.74) is 0. The standard InChI is InChI=1S/C10H18N2O5/c1-12-2-3-17-8(5-12)4-11-9(13)6-16-7-10(14)15/h8H,2-7H2,1H3,(H,11,13)(H,14,15). The fraction of sp³-hybridized carbons (Fsp3) is 0.800. The summed E-state index contributed by atoms with van der Waals surface area (Å²) in [6, 6.07) is 0. The highest BCUT2D eigenvalue weighted by Crippen LogP contribution is 2.01. The Hall–Kier alpha value is -1.18. The Morgan fingerprint density at radius 3 is 2.94 bits per heavy atom. The topological polar surface area (TPSA) is 88.1 Å². The van der Waals surface area contributed by atoms with E-state index in [9.17, 15) is 9.59 Å². The lowest BCUT2D eigenvalue weighted by atomic mass is 10.3. The summed E-state index contributed by atoms with van der Waals surface area (Å²) >= 11 is 0. The Bertz CT molecular complexity index is 271. The summed E-state index contributed by atoms with van der Waals surface area (Å²) < 4.78 is 10.1. The summed E-state index contributed by atoms with van der Waals surface area (Å²) in [5.74, 6) is -1.42. The molecule has 7 nitrogen and oxygen atoms in total. The number of hydrogen-bond acceptors (Lipinski definition) is 5. The molecule has 1 atom stereocenters. The van der Waals surface area contributed by atoms with E-state index in [1.807, 2.05) is 7.05 Å². The van der Waals surface area contributed by atoms with Gasteiger partial charge in [-0.2, -0.15) is 0 Å². The minimum absolute atomic E-state index is 0.0165. The van der Waals surface area contributed by atoms with Crippen LogP contribution in [-0.2, 0) is 19.1 Å². The molecule has 7 heteroatoms. The highest BCUT2D eigenvalue weighted by atomic mass is 16.5. The van der Waals surface area contributed by atoms with Gasteiger partial charge in [0.25, 0.3) is 0 Å². The minimum atomic E-state index is -1.09. The fourth-order valence-corrected chi connectivity index (χ4v) is 1.50. The number of morpholine rings is 1. The number of aliphatic carboxylic acids is 1. The maximum atomic E-state index is 11.3. The molecule has 0 saturated carbocycles. The molecule has 0 bridgehead atoms. The van der Waals surface area contributed by atoms with Crippen LogP contribution in [0.2, 0.25) is 0 Å². The number of amides is 1. The van der Waals surface area contributed by atoms with E-state index < -0.39 is 12.6 Å². The van der Waals surface area contributed by atoms with Crippen LogP contribution in [0.25, 0.3) is 0 Å². The molecule has 1 aliphatic heterocycles. The summed E-state index contributed by atoms with van der Waals surface area (Å²) in [5, 5.41) is 10.9. The molecule has 0 spiro atoms. The Labute approximate surface area is 99.7 Å². The van der Waals surface area contributed by atoms with Gasteiger partial charge < -0.3 is 24.8 Å². The lowest BCUT2D eigenvalue weighted by Crippen LogP contribution is -2.46. The maximum absolute atomic E-state index is 11.3. The van der Waals surface area contributed by atoms with Crippen molar-refractivity contribution in [3.05, 3.63) is 0 Å². The van der Waals surface area contributed by atoms with E-state index in [0.717, 1.165) is 13.1 Å². The van der Waals surface area contributed by atoms with Gasteiger partial charge in [0.1, 0.15) is 13.2 Å². The van der Waals surface area contributed by atoms with Gasteiger partial charge in [-0.1, -0.05) is 0 Å². The molecule has 1 amide bonds. The molecule has 0 aromatic rings. The van der Waals surface area contributed by atoms with Gasteiger partial charge in [-0.05, 0) is 7.05 Å². The van der Waals surface area contributed by atoms with E-state index in [-0.39, 0.29) is 18.6 Å². The molecule has 1 heterocycles. The predicted molar refractivity (Wildman–Crippen MR) is 58.7 cm³/mol. The summed E-state index contributed by atoms with van der Waals surface area (Å²) in [6.07, 6.45) is -0.0165. The van der Waals surface area contributed by atoms with Crippen LogP contribution < -0.4 is 5.32 Å². The Kier molecular flexibility index (Phi) is 5.88. The van der Waals surface area contributed by atoms with E-state index >= 15 is 0 Å². The average molecular weight is 246 g/mol. The summed E-state index contributed by atoms with van der Waals surface area (Å²) in [4.78, 5) is 23.5. The number of carboxylic acid groups (broad SMARTS) is 1. The average Bonchev–Trinajstić information content (AvgIpc) is 2.26. The summed E-state index contributed by atoms with van der Waals surface area (Å²) in [6.45, 7) is 2.04. The second kappa shape index (κ2) is 7.21. The Balaban J connectivity index is 2.08. The predicted octanol–water partition coefficient (Wildman–Crippen LogP) is -1.47. The highest BCUT2D eigenvalue weighted by Gasteiger charge is 2.18. The molecule has 98 valence electrons. The monoisotopic (exact) mass is 246 g/mol. The number of carboxylic acids is 1. The normalized spacial score (nSPS) is 21.1. The first-order valence-corrected chi connectivity index (χ1v) is 5.44. The van der Waals surface area contributed by atoms with Gasteiger partial charge in [-0.3, -0.25) is 4.79 Å². The Morgan fingerprint density at radius 1 is 1.53 bits per heavy atom. The van der Waals surface area contributed by atoms with Gasteiger partial charge in [-0.25, -0.2) is 4.79 Å². The number of nitrogens with zero attached hydrogens (tertiary/aromatic N) is 1. The van der Waals surface area contributed by atoms with Crippen LogP contribution in [0.3, 0.4) is 0 Å². The quantitative estimate of drug-likeness (QED) is 0.595. The van der Waals surface area contributed by atoms with Crippen molar-refractivity contribution in [3.63, 3.8) is 0 Å². The van der Waals surface area contributed by atoms with Gasteiger partial charge in [0, 0.05) is 19.6 Å². The number of carbonyl (C=O) groups excluding carboxylic acids is 1. The first kappa shape index (κ1) is 13.9. The van der Waals surface area contributed by atoms with E-state index in [4.69, 9.17) is 9.84 Å². The van der Waals surface area contributed by atoms with Crippen LogP contribution in [0.5, 0.6) is 0 Å². The van der Waals surface area contributed by atoms with E-state index in [0.29, 0.717) is 13.2 Å². The molecule has 1 unspecified atom stereocenters. The first-order valence-electron chi connectivity index (χ1n) is 5.44. The van der Waals surface area contributed by atoms with Crippen LogP contribution in [0, 0.1) is 0 Å². The number of likely N-dealkylation sites (N-methyl/N-ethyl adjacent to an activating group) is 1. The number of carbonyl (C=O) groups is 2. The van der Waals surface area contributed by atoms with Crippen molar-refractivity contribution >= 4 is 11.9 Å². The molecule has 1 aliphatic rings. The van der Waals surface area contributed by atoms with Crippen molar-refractivity contribution in [1.82, 2.24) is 10.2 Å². The molecule has 17 heavy (non-hydrogen) atoms. The third kappa shape index (κ3) is 6.20. The zero-order chi connectivity index (χ0) is 12.7. The molecule has 1 saturated heterocycles. The molecule has 0 aromatic heterocycles. The minimum Gasteiger partial charge on any atom is -0.480 e. The van der Waals surface area contributed by atoms with Gasteiger partial charge in [-0.15, -0.1) is 0 Å². The van der Waals surface area contributed by atoms with E-state index in [1.54, 1.807) is 0 Å². The second-order valence-electron chi connectivity index (χ2n) is 3.95.